The quantitative estimate of drug-likeness (QED) is 0.696. The van der Waals surface area contributed by atoms with Gasteiger partial charge in [-0.3, -0.25) is 4.79 Å². The van der Waals surface area contributed by atoms with E-state index in [4.69, 9.17) is 18.0 Å². The summed E-state index contributed by atoms with van der Waals surface area (Å²) in [5.41, 5.74) is 5.51. The zero-order valence-electron chi connectivity index (χ0n) is 9.45. The second-order valence-electron chi connectivity index (χ2n) is 4.78. The number of piperidine rings is 2. The van der Waals surface area contributed by atoms with E-state index in [1.54, 1.807) is 0 Å². The van der Waals surface area contributed by atoms with Gasteiger partial charge in [0.25, 0.3) is 0 Å². The molecule has 2 heterocycles. The van der Waals surface area contributed by atoms with Gasteiger partial charge in [0.1, 0.15) is 0 Å². The maximum Gasteiger partial charge on any atom is 0.220 e. The van der Waals surface area contributed by atoms with Crippen LogP contribution in [0.2, 0.25) is 0 Å². The minimum atomic E-state index is 0.220. The zero-order chi connectivity index (χ0) is 11.5. The summed E-state index contributed by atoms with van der Waals surface area (Å²) in [5.74, 6) is 0.843. The molecule has 2 fully saturated rings. The molecule has 0 saturated carbocycles. The Morgan fingerprint density at radius 1 is 1.56 bits per heavy atom. The number of thiocarbonyl (C=S) groups is 1. The van der Waals surface area contributed by atoms with E-state index in [-0.39, 0.29) is 5.91 Å². The van der Waals surface area contributed by atoms with E-state index in [0.717, 1.165) is 38.9 Å². The molecule has 3 N–H and O–H groups in total. The normalized spacial score (nSPS) is 30.6. The summed E-state index contributed by atoms with van der Waals surface area (Å²) < 4.78 is 0. The monoisotopic (exact) mass is 241 g/mol. The van der Waals surface area contributed by atoms with Crippen LogP contribution in [0.3, 0.4) is 0 Å². The Morgan fingerprint density at radius 3 is 3.12 bits per heavy atom. The second kappa shape index (κ2) is 5.10. The number of rotatable bonds is 3. The van der Waals surface area contributed by atoms with Gasteiger partial charge in [-0.1, -0.05) is 12.2 Å². The summed E-state index contributed by atoms with van der Waals surface area (Å²) in [5, 5.41) is 3.09. The van der Waals surface area contributed by atoms with E-state index in [9.17, 15) is 4.79 Å². The first-order valence-corrected chi connectivity index (χ1v) is 6.36. The lowest BCUT2D eigenvalue weighted by Gasteiger charge is -2.41. The van der Waals surface area contributed by atoms with Gasteiger partial charge >= 0.3 is 0 Å². The van der Waals surface area contributed by atoms with Gasteiger partial charge in [0.2, 0.25) is 5.91 Å². The second-order valence-corrected chi connectivity index (χ2v) is 5.30. The van der Waals surface area contributed by atoms with Gasteiger partial charge in [0.15, 0.2) is 0 Å². The minimum Gasteiger partial charge on any atom is -0.393 e. The van der Waals surface area contributed by atoms with Crippen molar-refractivity contribution in [2.75, 3.05) is 19.6 Å². The lowest BCUT2D eigenvalue weighted by molar-refractivity contribution is -0.125. The predicted molar refractivity (Wildman–Crippen MR) is 67.1 cm³/mol. The highest BCUT2D eigenvalue weighted by Gasteiger charge is 2.33. The topological polar surface area (TPSA) is 58.4 Å². The third-order valence-corrected chi connectivity index (χ3v) is 3.79. The molecule has 0 aromatic carbocycles. The molecule has 2 aliphatic rings. The third-order valence-electron chi connectivity index (χ3n) is 3.58. The van der Waals surface area contributed by atoms with Crippen molar-refractivity contribution in [1.29, 1.82) is 0 Å². The molecule has 2 rings (SSSR count). The number of nitrogens with zero attached hydrogens (tertiary/aromatic N) is 1. The molecule has 4 nitrogen and oxygen atoms in total. The van der Waals surface area contributed by atoms with Crippen molar-refractivity contribution in [3.05, 3.63) is 0 Å². The van der Waals surface area contributed by atoms with Gasteiger partial charge < -0.3 is 16.0 Å². The Morgan fingerprint density at radius 2 is 2.38 bits per heavy atom. The summed E-state index contributed by atoms with van der Waals surface area (Å²) in [4.78, 5) is 14.3. The van der Waals surface area contributed by atoms with Crippen LogP contribution in [0.15, 0.2) is 0 Å². The first-order valence-electron chi connectivity index (χ1n) is 5.95. The van der Waals surface area contributed by atoms with Crippen LogP contribution in [0, 0.1) is 5.92 Å². The summed E-state index contributed by atoms with van der Waals surface area (Å²) in [6.07, 6.45) is 3.58. The summed E-state index contributed by atoms with van der Waals surface area (Å²) >= 11 is 4.89. The number of hydrogen-bond donors (Lipinski definition) is 2. The van der Waals surface area contributed by atoms with E-state index < -0.39 is 0 Å². The Balaban J connectivity index is 1.81. The van der Waals surface area contributed by atoms with Crippen LogP contribution in [-0.4, -0.2) is 41.5 Å². The van der Waals surface area contributed by atoms with E-state index in [1.807, 2.05) is 0 Å². The van der Waals surface area contributed by atoms with Crippen molar-refractivity contribution in [1.82, 2.24) is 10.2 Å². The zero-order valence-corrected chi connectivity index (χ0v) is 10.3. The molecule has 2 atom stereocenters. The molecule has 2 unspecified atom stereocenters. The number of likely N-dealkylation sites (tertiary alicyclic amines) is 1. The van der Waals surface area contributed by atoms with Crippen LogP contribution in [0.4, 0.5) is 0 Å². The molecule has 2 aliphatic heterocycles. The van der Waals surface area contributed by atoms with Gasteiger partial charge in [-0.15, -0.1) is 0 Å². The predicted octanol–water partition coefficient (Wildman–Crippen LogP) is 0.263. The number of carbonyl (C=O) groups is 1. The smallest absolute Gasteiger partial charge is 0.220 e. The highest BCUT2D eigenvalue weighted by atomic mass is 32.1. The summed E-state index contributed by atoms with van der Waals surface area (Å²) in [7, 11) is 0. The van der Waals surface area contributed by atoms with Crippen LogP contribution in [-0.2, 0) is 4.79 Å². The molecular formula is C11H19N3OS. The first-order chi connectivity index (χ1) is 7.65. The number of nitrogens with two attached hydrogens (primary N) is 1. The van der Waals surface area contributed by atoms with E-state index in [0.29, 0.717) is 23.4 Å². The Kier molecular flexibility index (Phi) is 3.76. The molecule has 0 aromatic rings. The summed E-state index contributed by atoms with van der Waals surface area (Å²) in [6.45, 7) is 3.09. The fourth-order valence-corrected chi connectivity index (χ4v) is 2.75. The largest absolute Gasteiger partial charge is 0.393 e. The molecule has 0 bridgehead atoms. The number of fused-ring (bicyclic) bond motifs is 1. The number of hydrogen-bond acceptors (Lipinski definition) is 3. The molecule has 1 amide bonds. The van der Waals surface area contributed by atoms with Crippen LogP contribution >= 0.6 is 12.2 Å². The van der Waals surface area contributed by atoms with Crippen molar-refractivity contribution in [2.45, 2.75) is 31.7 Å². The van der Waals surface area contributed by atoms with Gasteiger partial charge in [-0.2, -0.15) is 0 Å². The van der Waals surface area contributed by atoms with Gasteiger partial charge in [0.05, 0.1) is 4.99 Å². The molecule has 0 aliphatic carbocycles. The minimum absolute atomic E-state index is 0.220. The highest BCUT2D eigenvalue weighted by Crippen LogP contribution is 2.25. The third kappa shape index (κ3) is 2.92. The first kappa shape index (κ1) is 11.8. The van der Waals surface area contributed by atoms with Crippen LogP contribution < -0.4 is 11.1 Å². The lowest BCUT2D eigenvalue weighted by atomic mass is 9.85. The molecule has 0 spiro atoms. The summed E-state index contributed by atoms with van der Waals surface area (Å²) in [6, 6.07) is 0.405. The molecule has 16 heavy (non-hydrogen) atoms. The van der Waals surface area contributed by atoms with Crippen molar-refractivity contribution < 1.29 is 4.79 Å². The van der Waals surface area contributed by atoms with Crippen molar-refractivity contribution in [3.8, 4) is 0 Å². The Labute approximate surface area is 102 Å². The standard InChI is InChI=1S/C11H19N3OS/c12-10(16)4-6-14-5-3-9-8(7-14)1-2-11(15)13-9/h8-9H,1-7H2,(H2,12,16)(H,13,15). The van der Waals surface area contributed by atoms with E-state index in [2.05, 4.69) is 10.2 Å². The molecule has 5 heteroatoms. The van der Waals surface area contributed by atoms with E-state index >= 15 is 0 Å². The Hall–Kier alpha value is -0.680. The van der Waals surface area contributed by atoms with Crippen LogP contribution in [0.25, 0.3) is 0 Å². The highest BCUT2D eigenvalue weighted by molar-refractivity contribution is 7.80. The maximum atomic E-state index is 11.3. The molecule has 0 aromatic heterocycles. The SMILES string of the molecule is NC(=S)CCN1CCC2NC(=O)CCC2C1. The van der Waals surface area contributed by atoms with Crippen LogP contribution in [0.5, 0.6) is 0 Å². The molecular weight excluding hydrogens is 222 g/mol. The average Bonchev–Trinajstić information content (AvgIpc) is 2.26. The van der Waals surface area contributed by atoms with Crippen molar-refractivity contribution >= 4 is 23.1 Å². The van der Waals surface area contributed by atoms with Crippen molar-refractivity contribution in [2.24, 2.45) is 11.7 Å². The van der Waals surface area contributed by atoms with E-state index in [1.165, 1.54) is 0 Å². The van der Waals surface area contributed by atoms with Gasteiger partial charge in [0, 0.05) is 38.5 Å². The van der Waals surface area contributed by atoms with Crippen molar-refractivity contribution in [3.63, 3.8) is 0 Å². The fraction of sp³-hybridized carbons (Fsp3) is 0.818. The van der Waals surface area contributed by atoms with Gasteiger partial charge in [-0.25, -0.2) is 0 Å². The fourth-order valence-electron chi connectivity index (χ4n) is 2.66. The number of amides is 1. The number of nitrogens with one attached hydrogen (secondary N) is 1. The van der Waals surface area contributed by atoms with Gasteiger partial charge in [-0.05, 0) is 18.8 Å². The molecule has 2 saturated heterocycles. The molecule has 90 valence electrons. The lowest BCUT2D eigenvalue weighted by Crippen LogP contribution is -2.54. The molecule has 0 radical (unpaired) electrons. The maximum absolute atomic E-state index is 11.3. The number of carbonyl (C=O) groups excluding carboxylic acids is 1. The average molecular weight is 241 g/mol. The van der Waals surface area contributed by atoms with Crippen LogP contribution in [0.1, 0.15) is 25.7 Å². The Bertz CT molecular complexity index is 295.